The molecule has 0 N–H and O–H groups in total. The Morgan fingerprint density at radius 2 is 0.607 bits per heavy atom. The third-order valence-electron chi connectivity index (χ3n) is 11.0. The van der Waals surface area contributed by atoms with Gasteiger partial charge in [-0.05, 0) is 103 Å². The van der Waals surface area contributed by atoms with Crippen LogP contribution in [0.2, 0.25) is 0 Å². The summed E-state index contributed by atoms with van der Waals surface area (Å²) in [6.07, 6.45) is 60.7. The van der Waals surface area contributed by atoms with Crippen LogP contribution < -0.4 is 0 Å². The van der Waals surface area contributed by atoms with E-state index in [9.17, 15) is 14.4 Å². The zero-order chi connectivity index (χ0) is 44.4. The molecule has 0 aliphatic carbocycles. The number of rotatable bonds is 46. The van der Waals surface area contributed by atoms with Gasteiger partial charge in [-0.25, -0.2) is 0 Å². The van der Waals surface area contributed by atoms with Crippen LogP contribution in [0.25, 0.3) is 0 Å². The Labute approximate surface area is 377 Å². The van der Waals surface area contributed by atoms with E-state index >= 15 is 0 Å². The summed E-state index contributed by atoms with van der Waals surface area (Å²) >= 11 is 0. The molecule has 6 heteroatoms. The molecule has 0 rings (SSSR count). The van der Waals surface area contributed by atoms with Crippen molar-refractivity contribution in [2.75, 3.05) is 13.2 Å². The third kappa shape index (κ3) is 48.0. The van der Waals surface area contributed by atoms with Gasteiger partial charge in [0.1, 0.15) is 13.2 Å². The van der Waals surface area contributed by atoms with Gasteiger partial charge in [-0.1, -0.05) is 191 Å². The first-order valence-electron chi connectivity index (χ1n) is 25.8. The van der Waals surface area contributed by atoms with Gasteiger partial charge in [0.15, 0.2) is 6.10 Å². The molecule has 0 bridgehead atoms. The fourth-order valence-corrected chi connectivity index (χ4v) is 7.03. The van der Waals surface area contributed by atoms with Gasteiger partial charge in [-0.3, -0.25) is 14.4 Å². The normalized spacial score (nSPS) is 12.5. The summed E-state index contributed by atoms with van der Waals surface area (Å²) in [5.74, 6) is -0.977. The van der Waals surface area contributed by atoms with Gasteiger partial charge >= 0.3 is 17.9 Å². The molecule has 0 heterocycles. The predicted octanol–water partition coefficient (Wildman–Crippen LogP) is 16.9. The SMILES string of the molecule is CCCCC/C=C\CCCCCCCC(=O)OCC(COC(=O)CCC/C=C\C/C=C\C/C=C\CCCCCCCC)OC(=O)CCCCC/C=C\CCCCCCCCC. The number of unbranched alkanes of at least 4 members (excludes halogenated alkanes) is 25. The second-order valence-corrected chi connectivity index (χ2v) is 17.1. The van der Waals surface area contributed by atoms with E-state index in [0.29, 0.717) is 19.3 Å². The van der Waals surface area contributed by atoms with E-state index in [1.165, 1.54) is 128 Å². The highest BCUT2D eigenvalue weighted by atomic mass is 16.6. The molecule has 0 aromatic heterocycles. The van der Waals surface area contributed by atoms with Gasteiger partial charge in [0, 0.05) is 19.3 Å². The van der Waals surface area contributed by atoms with Crippen LogP contribution >= 0.6 is 0 Å². The second kappa shape index (κ2) is 49.8. The Morgan fingerprint density at radius 1 is 0.328 bits per heavy atom. The van der Waals surface area contributed by atoms with E-state index in [1.807, 2.05) is 0 Å². The van der Waals surface area contributed by atoms with Gasteiger partial charge in [0.2, 0.25) is 0 Å². The molecule has 1 atom stereocenters. The standard InChI is InChI=1S/C55H96O6/c1-4-7-10-13-16-19-22-25-27-28-29-31-33-36-39-42-45-48-54(57)60-51-52(50-59-53(56)47-44-41-38-35-32-24-21-18-15-12-9-6-3)61-55(58)49-46-43-40-37-34-30-26-23-20-17-14-11-8-5-2/h18,21,25,27,29-31,34,36,39,52H,4-17,19-20,22-24,26,28,32-33,35,37-38,40-51H2,1-3H3/b21-18-,27-25-,31-29-,34-30-,39-36-. The molecule has 0 fully saturated rings. The van der Waals surface area contributed by atoms with Gasteiger partial charge in [-0.2, -0.15) is 0 Å². The van der Waals surface area contributed by atoms with E-state index in [0.717, 1.165) is 77.0 Å². The fourth-order valence-electron chi connectivity index (χ4n) is 7.03. The zero-order valence-corrected chi connectivity index (χ0v) is 40.2. The number of hydrogen-bond donors (Lipinski definition) is 0. The van der Waals surface area contributed by atoms with Crippen molar-refractivity contribution in [3.63, 3.8) is 0 Å². The molecule has 0 aromatic rings. The lowest BCUT2D eigenvalue weighted by molar-refractivity contribution is -0.167. The Hall–Kier alpha value is -2.89. The monoisotopic (exact) mass is 853 g/mol. The lowest BCUT2D eigenvalue weighted by Crippen LogP contribution is -2.30. The first kappa shape index (κ1) is 58.1. The van der Waals surface area contributed by atoms with Crippen LogP contribution in [0.15, 0.2) is 60.8 Å². The largest absolute Gasteiger partial charge is 0.462 e. The minimum absolute atomic E-state index is 0.100. The summed E-state index contributed by atoms with van der Waals surface area (Å²) in [7, 11) is 0. The Kier molecular flexibility index (Phi) is 47.4. The van der Waals surface area contributed by atoms with E-state index in [1.54, 1.807) is 0 Å². The molecule has 0 aromatic carbocycles. The minimum Gasteiger partial charge on any atom is -0.462 e. The third-order valence-corrected chi connectivity index (χ3v) is 11.0. The Balaban J connectivity index is 4.47. The molecule has 1 unspecified atom stereocenters. The van der Waals surface area contributed by atoms with Gasteiger partial charge in [-0.15, -0.1) is 0 Å². The highest BCUT2D eigenvalue weighted by Crippen LogP contribution is 2.13. The van der Waals surface area contributed by atoms with Crippen molar-refractivity contribution in [3.05, 3.63) is 60.8 Å². The van der Waals surface area contributed by atoms with Crippen molar-refractivity contribution in [2.24, 2.45) is 0 Å². The summed E-state index contributed by atoms with van der Waals surface area (Å²) in [6, 6.07) is 0. The van der Waals surface area contributed by atoms with Gasteiger partial charge < -0.3 is 14.2 Å². The smallest absolute Gasteiger partial charge is 0.306 e. The van der Waals surface area contributed by atoms with Gasteiger partial charge in [0.25, 0.3) is 0 Å². The summed E-state index contributed by atoms with van der Waals surface area (Å²) in [4.78, 5) is 37.9. The topological polar surface area (TPSA) is 78.9 Å². The first-order valence-corrected chi connectivity index (χ1v) is 25.8. The molecule has 352 valence electrons. The van der Waals surface area contributed by atoms with E-state index < -0.39 is 6.10 Å². The number of hydrogen-bond acceptors (Lipinski definition) is 6. The summed E-state index contributed by atoms with van der Waals surface area (Å²) in [6.45, 7) is 6.54. The molecule has 0 spiro atoms. The fraction of sp³-hybridized carbons (Fsp3) is 0.764. The van der Waals surface area contributed by atoms with Crippen LogP contribution in [-0.4, -0.2) is 37.2 Å². The van der Waals surface area contributed by atoms with E-state index in [4.69, 9.17) is 14.2 Å². The molecule has 0 radical (unpaired) electrons. The summed E-state index contributed by atoms with van der Waals surface area (Å²) in [5.41, 5.74) is 0. The van der Waals surface area contributed by atoms with Crippen LogP contribution in [0.1, 0.15) is 252 Å². The number of allylic oxidation sites excluding steroid dienone is 10. The zero-order valence-electron chi connectivity index (χ0n) is 40.2. The van der Waals surface area contributed by atoms with Crippen molar-refractivity contribution in [3.8, 4) is 0 Å². The molecule has 0 amide bonds. The average molecular weight is 853 g/mol. The number of esters is 3. The maximum Gasteiger partial charge on any atom is 0.306 e. The molecule has 6 nitrogen and oxygen atoms in total. The van der Waals surface area contributed by atoms with Crippen molar-refractivity contribution < 1.29 is 28.6 Å². The first-order chi connectivity index (χ1) is 30.0. The molecule has 0 aliphatic rings. The van der Waals surface area contributed by atoms with Crippen molar-refractivity contribution in [2.45, 2.75) is 258 Å². The summed E-state index contributed by atoms with van der Waals surface area (Å²) < 4.78 is 16.7. The lowest BCUT2D eigenvalue weighted by Gasteiger charge is -2.18. The minimum atomic E-state index is -0.804. The van der Waals surface area contributed by atoms with Crippen LogP contribution in [0.3, 0.4) is 0 Å². The van der Waals surface area contributed by atoms with Crippen LogP contribution in [0.5, 0.6) is 0 Å². The average Bonchev–Trinajstić information content (AvgIpc) is 3.26. The molecular weight excluding hydrogens is 757 g/mol. The molecule has 0 saturated heterocycles. The van der Waals surface area contributed by atoms with Gasteiger partial charge in [0.05, 0.1) is 0 Å². The molecule has 0 aliphatic heterocycles. The van der Waals surface area contributed by atoms with Crippen LogP contribution in [0.4, 0.5) is 0 Å². The maximum atomic E-state index is 12.8. The quantitative estimate of drug-likeness (QED) is 0.0263. The molecular formula is C55H96O6. The molecule has 61 heavy (non-hydrogen) atoms. The highest BCUT2D eigenvalue weighted by Gasteiger charge is 2.19. The van der Waals surface area contributed by atoms with Crippen LogP contribution in [0, 0.1) is 0 Å². The molecule has 0 saturated carbocycles. The van der Waals surface area contributed by atoms with E-state index in [-0.39, 0.29) is 37.5 Å². The summed E-state index contributed by atoms with van der Waals surface area (Å²) in [5, 5.41) is 0. The van der Waals surface area contributed by atoms with Crippen molar-refractivity contribution in [1.29, 1.82) is 0 Å². The van der Waals surface area contributed by atoms with Crippen molar-refractivity contribution >= 4 is 17.9 Å². The second-order valence-electron chi connectivity index (χ2n) is 17.1. The highest BCUT2D eigenvalue weighted by molar-refractivity contribution is 5.71. The number of carbonyl (C=O) groups is 3. The Morgan fingerprint density at radius 3 is 1.05 bits per heavy atom. The Bertz CT molecular complexity index is 1120. The van der Waals surface area contributed by atoms with Crippen LogP contribution in [-0.2, 0) is 28.6 Å². The number of carbonyl (C=O) groups excluding carboxylic acids is 3. The number of ether oxygens (including phenoxy) is 3. The maximum absolute atomic E-state index is 12.8. The van der Waals surface area contributed by atoms with Crippen molar-refractivity contribution in [1.82, 2.24) is 0 Å². The van der Waals surface area contributed by atoms with E-state index in [2.05, 4.69) is 81.5 Å². The lowest BCUT2D eigenvalue weighted by atomic mass is 10.1. The predicted molar refractivity (Wildman–Crippen MR) is 261 cm³/mol.